The van der Waals surface area contributed by atoms with Gasteiger partial charge in [-0.15, -0.1) is 11.3 Å². The van der Waals surface area contributed by atoms with E-state index in [0.717, 1.165) is 6.07 Å². The first-order valence-corrected chi connectivity index (χ1v) is 6.59. The zero-order valence-corrected chi connectivity index (χ0v) is 11.3. The zero-order chi connectivity index (χ0) is 14.0. The topological polar surface area (TPSA) is 24.9 Å². The third kappa shape index (κ3) is 3.26. The molecule has 2 aromatic heterocycles. The van der Waals surface area contributed by atoms with Crippen molar-refractivity contribution in [3.63, 3.8) is 0 Å². The standard InChI is InChI=1S/C13H13F3N2S/c1-8-5-6-19-12(8)9(2)18-10-3-4-11(17-7-10)13(14,15)16/h3-7,9,18H,1-2H3. The van der Waals surface area contributed by atoms with E-state index in [1.165, 1.54) is 22.7 Å². The molecule has 2 rings (SSSR count). The van der Waals surface area contributed by atoms with Crippen LogP contribution in [0.15, 0.2) is 29.8 Å². The fourth-order valence-corrected chi connectivity index (χ4v) is 2.73. The second kappa shape index (κ2) is 5.21. The second-order valence-corrected chi connectivity index (χ2v) is 5.21. The summed E-state index contributed by atoms with van der Waals surface area (Å²) in [6.07, 6.45) is -3.18. The molecule has 0 amide bonds. The number of hydrogen-bond donors (Lipinski definition) is 1. The molecule has 0 spiro atoms. The van der Waals surface area contributed by atoms with Crippen molar-refractivity contribution in [1.82, 2.24) is 4.98 Å². The van der Waals surface area contributed by atoms with Crippen molar-refractivity contribution in [3.8, 4) is 0 Å². The summed E-state index contributed by atoms with van der Waals surface area (Å²) in [4.78, 5) is 4.59. The van der Waals surface area contributed by atoms with Gasteiger partial charge in [-0.05, 0) is 43.0 Å². The summed E-state index contributed by atoms with van der Waals surface area (Å²) >= 11 is 1.62. The Kier molecular flexibility index (Phi) is 3.80. The molecule has 2 heterocycles. The number of halogens is 3. The highest BCUT2D eigenvalue weighted by Gasteiger charge is 2.32. The lowest BCUT2D eigenvalue weighted by Gasteiger charge is -2.15. The van der Waals surface area contributed by atoms with E-state index in [-0.39, 0.29) is 6.04 Å². The number of aryl methyl sites for hydroxylation is 1. The van der Waals surface area contributed by atoms with Gasteiger partial charge in [0.15, 0.2) is 0 Å². The Balaban J connectivity index is 2.10. The van der Waals surface area contributed by atoms with E-state index in [9.17, 15) is 13.2 Å². The molecule has 1 unspecified atom stereocenters. The van der Waals surface area contributed by atoms with Crippen LogP contribution < -0.4 is 5.32 Å². The van der Waals surface area contributed by atoms with Crippen molar-refractivity contribution in [1.29, 1.82) is 0 Å². The van der Waals surface area contributed by atoms with Crippen LogP contribution in [-0.2, 0) is 6.18 Å². The predicted octanol–water partition coefficient (Wildman–Crippen LogP) is 4.64. The fourth-order valence-electron chi connectivity index (χ4n) is 1.79. The van der Waals surface area contributed by atoms with Gasteiger partial charge in [0.1, 0.15) is 5.69 Å². The molecule has 2 nitrogen and oxygen atoms in total. The minimum atomic E-state index is -4.39. The van der Waals surface area contributed by atoms with Crippen molar-refractivity contribution in [2.45, 2.75) is 26.1 Å². The first-order valence-electron chi connectivity index (χ1n) is 5.71. The quantitative estimate of drug-likeness (QED) is 0.888. The number of rotatable bonds is 3. The number of alkyl halides is 3. The minimum absolute atomic E-state index is 0.0403. The molecular weight excluding hydrogens is 273 g/mol. The number of nitrogens with zero attached hydrogens (tertiary/aromatic N) is 1. The van der Waals surface area contributed by atoms with E-state index < -0.39 is 11.9 Å². The minimum Gasteiger partial charge on any atom is -0.376 e. The van der Waals surface area contributed by atoms with Crippen molar-refractivity contribution in [2.75, 3.05) is 5.32 Å². The maximum Gasteiger partial charge on any atom is 0.433 e. The summed E-state index contributed by atoms with van der Waals surface area (Å²) in [7, 11) is 0. The van der Waals surface area contributed by atoms with E-state index in [2.05, 4.69) is 10.3 Å². The van der Waals surface area contributed by atoms with Gasteiger partial charge in [0.2, 0.25) is 0 Å². The maximum atomic E-state index is 12.4. The van der Waals surface area contributed by atoms with E-state index in [4.69, 9.17) is 0 Å². The number of anilines is 1. The number of aromatic nitrogens is 1. The normalized spacial score (nSPS) is 13.3. The summed E-state index contributed by atoms with van der Waals surface area (Å²) in [6, 6.07) is 4.44. The fraction of sp³-hybridized carbons (Fsp3) is 0.308. The Morgan fingerprint density at radius 2 is 2.00 bits per heavy atom. The lowest BCUT2D eigenvalue weighted by molar-refractivity contribution is -0.141. The van der Waals surface area contributed by atoms with Crippen LogP contribution in [0.4, 0.5) is 18.9 Å². The van der Waals surface area contributed by atoms with E-state index >= 15 is 0 Å². The van der Waals surface area contributed by atoms with Crippen LogP contribution >= 0.6 is 11.3 Å². The molecule has 0 saturated heterocycles. The van der Waals surface area contributed by atoms with Crippen molar-refractivity contribution >= 4 is 17.0 Å². The molecule has 0 saturated carbocycles. The van der Waals surface area contributed by atoms with Gasteiger partial charge < -0.3 is 5.32 Å². The Morgan fingerprint density at radius 1 is 1.26 bits per heavy atom. The summed E-state index contributed by atoms with van der Waals surface area (Å²) in [5.74, 6) is 0. The van der Waals surface area contributed by atoms with E-state index in [0.29, 0.717) is 5.69 Å². The molecule has 0 radical (unpaired) electrons. The lowest BCUT2D eigenvalue weighted by atomic mass is 10.2. The molecule has 6 heteroatoms. The van der Waals surface area contributed by atoms with Crippen molar-refractivity contribution < 1.29 is 13.2 Å². The first kappa shape index (κ1) is 13.9. The van der Waals surface area contributed by atoms with Crippen LogP contribution in [0.1, 0.15) is 29.1 Å². The summed E-state index contributed by atoms with van der Waals surface area (Å²) < 4.78 is 37.1. The average Bonchev–Trinajstić information content (AvgIpc) is 2.75. The highest BCUT2D eigenvalue weighted by molar-refractivity contribution is 7.10. The number of pyridine rings is 1. The average molecular weight is 286 g/mol. The number of thiophene rings is 1. The summed E-state index contributed by atoms with van der Waals surface area (Å²) in [6.45, 7) is 3.98. The van der Waals surface area contributed by atoms with Crippen molar-refractivity contribution in [2.24, 2.45) is 0 Å². The highest BCUT2D eigenvalue weighted by Crippen LogP contribution is 2.29. The van der Waals surface area contributed by atoms with Gasteiger partial charge in [0, 0.05) is 4.88 Å². The Labute approximate surface area is 113 Å². The predicted molar refractivity (Wildman–Crippen MR) is 70.3 cm³/mol. The van der Waals surface area contributed by atoms with E-state index in [1.54, 1.807) is 11.3 Å². The largest absolute Gasteiger partial charge is 0.433 e. The van der Waals surface area contributed by atoms with Gasteiger partial charge in [-0.25, -0.2) is 4.98 Å². The molecule has 0 aromatic carbocycles. The van der Waals surface area contributed by atoms with E-state index in [1.807, 2.05) is 25.3 Å². The molecule has 2 aromatic rings. The van der Waals surface area contributed by atoms with Crippen molar-refractivity contribution in [3.05, 3.63) is 45.9 Å². The second-order valence-electron chi connectivity index (χ2n) is 4.26. The maximum absolute atomic E-state index is 12.4. The molecule has 1 atom stereocenters. The lowest BCUT2D eigenvalue weighted by Crippen LogP contribution is -2.10. The molecule has 0 fully saturated rings. The molecule has 0 bridgehead atoms. The molecule has 0 aliphatic carbocycles. The van der Waals surface area contributed by atoms with Gasteiger partial charge in [-0.1, -0.05) is 0 Å². The van der Waals surface area contributed by atoms with Crippen LogP contribution in [0, 0.1) is 6.92 Å². The first-order chi connectivity index (χ1) is 8.88. The van der Waals surface area contributed by atoms with Crippen LogP contribution in [-0.4, -0.2) is 4.98 Å². The molecule has 102 valence electrons. The van der Waals surface area contributed by atoms with Gasteiger partial charge in [-0.3, -0.25) is 0 Å². The van der Waals surface area contributed by atoms with Crippen LogP contribution in [0.2, 0.25) is 0 Å². The van der Waals surface area contributed by atoms with Crippen LogP contribution in [0.25, 0.3) is 0 Å². The molecule has 19 heavy (non-hydrogen) atoms. The third-order valence-corrected chi connectivity index (χ3v) is 3.93. The Hall–Kier alpha value is -1.56. The smallest absolute Gasteiger partial charge is 0.376 e. The monoisotopic (exact) mass is 286 g/mol. The molecule has 0 aliphatic heterocycles. The molecule has 1 N–H and O–H groups in total. The van der Waals surface area contributed by atoms with Crippen LogP contribution in [0.5, 0.6) is 0 Å². The van der Waals surface area contributed by atoms with Gasteiger partial charge in [0.05, 0.1) is 17.9 Å². The molecular formula is C13H13F3N2S. The molecule has 0 aliphatic rings. The van der Waals surface area contributed by atoms with Gasteiger partial charge in [0.25, 0.3) is 0 Å². The number of nitrogens with one attached hydrogen (secondary N) is 1. The van der Waals surface area contributed by atoms with Gasteiger partial charge in [-0.2, -0.15) is 13.2 Å². The Bertz CT molecular complexity index is 546. The number of hydrogen-bond acceptors (Lipinski definition) is 3. The van der Waals surface area contributed by atoms with Gasteiger partial charge >= 0.3 is 6.18 Å². The SMILES string of the molecule is Cc1ccsc1C(C)Nc1ccc(C(F)(F)F)nc1. The third-order valence-electron chi connectivity index (χ3n) is 2.73. The zero-order valence-electron chi connectivity index (χ0n) is 10.5. The summed E-state index contributed by atoms with van der Waals surface area (Å²) in [5.41, 5.74) is 0.871. The Morgan fingerprint density at radius 3 is 2.47 bits per heavy atom. The summed E-state index contributed by atoms with van der Waals surface area (Å²) in [5, 5.41) is 5.14. The van der Waals surface area contributed by atoms with Crippen LogP contribution in [0.3, 0.4) is 0 Å². The highest BCUT2D eigenvalue weighted by atomic mass is 32.1.